The predicted molar refractivity (Wildman–Crippen MR) is 83.3 cm³/mol. The second kappa shape index (κ2) is 5.37. The summed E-state index contributed by atoms with van der Waals surface area (Å²) in [5, 5.41) is 2.08. The summed E-state index contributed by atoms with van der Waals surface area (Å²) in [6.45, 7) is 2.03. The average molecular weight is 277 g/mol. The molecule has 0 saturated carbocycles. The van der Waals surface area contributed by atoms with Crippen LogP contribution in [0.5, 0.6) is 0 Å². The Kier molecular flexibility index (Phi) is 3.40. The van der Waals surface area contributed by atoms with Gasteiger partial charge in [0, 0.05) is 11.8 Å². The van der Waals surface area contributed by atoms with Crippen LogP contribution in [0.4, 0.5) is 0 Å². The largest absolute Gasteiger partial charge is 0.465 e. The summed E-state index contributed by atoms with van der Waals surface area (Å²) in [5.74, 6) is -0.329. The van der Waals surface area contributed by atoms with Crippen molar-refractivity contribution in [3.63, 3.8) is 0 Å². The number of hydrogen-bond acceptors (Lipinski definition) is 3. The number of fused-ring (bicyclic) bond motifs is 1. The number of esters is 1. The molecule has 21 heavy (non-hydrogen) atoms. The molecule has 0 atom stereocenters. The van der Waals surface area contributed by atoms with Crippen molar-refractivity contribution in [2.24, 2.45) is 0 Å². The molecule has 0 N–H and O–H groups in total. The van der Waals surface area contributed by atoms with Crippen molar-refractivity contribution >= 4 is 16.7 Å². The number of rotatable bonds is 2. The fourth-order valence-corrected chi connectivity index (χ4v) is 2.49. The van der Waals surface area contributed by atoms with Crippen molar-refractivity contribution in [1.82, 2.24) is 4.98 Å². The van der Waals surface area contributed by atoms with E-state index in [4.69, 9.17) is 4.74 Å². The molecule has 3 rings (SSSR count). The highest BCUT2D eigenvalue weighted by Gasteiger charge is 2.11. The van der Waals surface area contributed by atoms with Crippen molar-refractivity contribution in [3.8, 4) is 11.3 Å². The number of aryl methyl sites for hydroxylation is 1. The molecule has 0 saturated heterocycles. The molecule has 0 aliphatic rings. The van der Waals surface area contributed by atoms with Crippen molar-refractivity contribution in [3.05, 3.63) is 65.9 Å². The second-order valence-electron chi connectivity index (χ2n) is 4.90. The average Bonchev–Trinajstić information content (AvgIpc) is 2.53. The number of methoxy groups -OCH3 is 1. The summed E-state index contributed by atoms with van der Waals surface area (Å²) in [7, 11) is 1.39. The van der Waals surface area contributed by atoms with Crippen molar-refractivity contribution < 1.29 is 9.53 Å². The van der Waals surface area contributed by atoms with Gasteiger partial charge in [0.15, 0.2) is 0 Å². The van der Waals surface area contributed by atoms with E-state index in [-0.39, 0.29) is 5.97 Å². The first-order valence-corrected chi connectivity index (χ1v) is 6.74. The molecule has 3 heteroatoms. The number of ether oxygens (including phenoxy) is 1. The second-order valence-corrected chi connectivity index (χ2v) is 4.90. The number of nitrogens with zero attached hydrogens (tertiary/aromatic N) is 1. The number of carbonyl (C=O) groups is 1. The van der Waals surface area contributed by atoms with Gasteiger partial charge >= 0.3 is 5.97 Å². The Hall–Kier alpha value is -2.68. The normalized spacial score (nSPS) is 10.6. The predicted octanol–water partition coefficient (Wildman–Crippen LogP) is 4.00. The zero-order valence-electron chi connectivity index (χ0n) is 12.0. The molecule has 0 aliphatic heterocycles. The molecule has 0 radical (unpaired) electrons. The maximum Gasteiger partial charge on any atom is 0.337 e. The molecule has 3 aromatic rings. The lowest BCUT2D eigenvalue weighted by atomic mass is 9.97. The fraction of sp³-hybridized carbons (Fsp3) is 0.111. The Labute approximate surface area is 123 Å². The number of benzene rings is 2. The molecule has 0 spiro atoms. The number of hydrogen-bond donors (Lipinski definition) is 0. The SMILES string of the molecule is COC(=O)c1ccc2cccc(-c3ncccc3C)c2c1. The molecular weight excluding hydrogens is 262 g/mol. The highest BCUT2D eigenvalue weighted by Crippen LogP contribution is 2.30. The van der Waals surface area contributed by atoms with Gasteiger partial charge < -0.3 is 4.74 Å². The molecule has 3 nitrogen and oxygen atoms in total. The summed E-state index contributed by atoms with van der Waals surface area (Å²) < 4.78 is 4.80. The minimum absolute atomic E-state index is 0.329. The first-order valence-electron chi connectivity index (χ1n) is 6.74. The van der Waals surface area contributed by atoms with Crippen molar-refractivity contribution in [1.29, 1.82) is 0 Å². The van der Waals surface area contributed by atoms with Gasteiger partial charge in [-0.25, -0.2) is 4.79 Å². The van der Waals surface area contributed by atoms with Crippen LogP contribution in [0.25, 0.3) is 22.0 Å². The van der Waals surface area contributed by atoms with E-state index in [1.807, 2.05) is 49.4 Å². The zero-order chi connectivity index (χ0) is 14.8. The van der Waals surface area contributed by atoms with Crippen LogP contribution in [0.2, 0.25) is 0 Å². The van der Waals surface area contributed by atoms with Crippen LogP contribution in [0.15, 0.2) is 54.7 Å². The summed E-state index contributed by atoms with van der Waals surface area (Å²) in [6.07, 6.45) is 1.78. The molecule has 1 aromatic heterocycles. The topological polar surface area (TPSA) is 39.2 Å². The van der Waals surface area contributed by atoms with E-state index in [1.54, 1.807) is 12.3 Å². The third-order valence-electron chi connectivity index (χ3n) is 3.57. The van der Waals surface area contributed by atoms with Crippen LogP contribution >= 0.6 is 0 Å². The first-order chi connectivity index (χ1) is 10.2. The Balaban J connectivity index is 2.28. The third-order valence-corrected chi connectivity index (χ3v) is 3.57. The van der Waals surface area contributed by atoms with Gasteiger partial charge in [-0.05, 0) is 41.5 Å². The maximum atomic E-state index is 11.7. The van der Waals surface area contributed by atoms with Gasteiger partial charge in [-0.3, -0.25) is 4.98 Å². The van der Waals surface area contributed by atoms with Crippen LogP contribution in [0.1, 0.15) is 15.9 Å². The van der Waals surface area contributed by atoms with Gasteiger partial charge in [-0.15, -0.1) is 0 Å². The van der Waals surface area contributed by atoms with Crippen LogP contribution in [0, 0.1) is 6.92 Å². The summed E-state index contributed by atoms with van der Waals surface area (Å²) in [5.41, 5.74) is 3.61. The van der Waals surface area contributed by atoms with E-state index >= 15 is 0 Å². The minimum atomic E-state index is -0.329. The van der Waals surface area contributed by atoms with Gasteiger partial charge in [-0.1, -0.05) is 30.3 Å². The monoisotopic (exact) mass is 277 g/mol. The Morgan fingerprint density at radius 2 is 1.95 bits per heavy atom. The number of carbonyl (C=O) groups excluding carboxylic acids is 1. The molecule has 0 aliphatic carbocycles. The lowest BCUT2D eigenvalue weighted by molar-refractivity contribution is 0.0601. The lowest BCUT2D eigenvalue weighted by Crippen LogP contribution is -2.00. The van der Waals surface area contributed by atoms with Gasteiger partial charge in [-0.2, -0.15) is 0 Å². The standard InChI is InChI=1S/C18H15NO2/c1-12-5-4-10-19-17(12)15-7-3-6-13-8-9-14(11-16(13)15)18(20)21-2/h3-11H,1-2H3. The minimum Gasteiger partial charge on any atom is -0.465 e. The molecular formula is C18H15NO2. The number of pyridine rings is 1. The summed E-state index contributed by atoms with van der Waals surface area (Å²) >= 11 is 0. The Morgan fingerprint density at radius 3 is 2.71 bits per heavy atom. The lowest BCUT2D eigenvalue weighted by Gasteiger charge is -2.09. The van der Waals surface area contributed by atoms with Gasteiger partial charge in [0.05, 0.1) is 18.4 Å². The fourth-order valence-electron chi connectivity index (χ4n) is 2.49. The van der Waals surface area contributed by atoms with E-state index in [9.17, 15) is 4.79 Å². The highest BCUT2D eigenvalue weighted by atomic mass is 16.5. The van der Waals surface area contributed by atoms with E-state index in [0.717, 1.165) is 27.6 Å². The molecule has 1 heterocycles. The zero-order valence-corrected chi connectivity index (χ0v) is 12.0. The van der Waals surface area contributed by atoms with Gasteiger partial charge in [0.2, 0.25) is 0 Å². The van der Waals surface area contributed by atoms with Crippen LogP contribution in [0.3, 0.4) is 0 Å². The number of aromatic nitrogens is 1. The summed E-state index contributed by atoms with van der Waals surface area (Å²) in [6, 6.07) is 15.6. The Bertz CT molecular complexity index is 824. The highest BCUT2D eigenvalue weighted by molar-refractivity contribution is 6.01. The van der Waals surface area contributed by atoms with E-state index in [1.165, 1.54) is 7.11 Å². The van der Waals surface area contributed by atoms with Crippen LogP contribution < -0.4 is 0 Å². The van der Waals surface area contributed by atoms with Crippen LogP contribution in [-0.4, -0.2) is 18.1 Å². The third kappa shape index (κ3) is 2.38. The Morgan fingerprint density at radius 1 is 1.10 bits per heavy atom. The van der Waals surface area contributed by atoms with E-state index in [2.05, 4.69) is 4.98 Å². The van der Waals surface area contributed by atoms with Gasteiger partial charge in [0.25, 0.3) is 0 Å². The molecule has 0 fully saturated rings. The molecule has 0 unspecified atom stereocenters. The summed E-state index contributed by atoms with van der Waals surface area (Å²) in [4.78, 5) is 16.2. The van der Waals surface area contributed by atoms with Crippen molar-refractivity contribution in [2.45, 2.75) is 6.92 Å². The first kappa shape index (κ1) is 13.3. The van der Waals surface area contributed by atoms with Crippen LogP contribution in [-0.2, 0) is 4.74 Å². The quantitative estimate of drug-likeness (QED) is 0.665. The van der Waals surface area contributed by atoms with Gasteiger partial charge in [0.1, 0.15) is 0 Å². The maximum absolute atomic E-state index is 11.7. The van der Waals surface area contributed by atoms with E-state index in [0.29, 0.717) is 5.56 Å². The van der Waals surface area contributed by atoms with Crippen molar-refractivity contribution in [2.75, 3.05) is 7.11 Å². The molecule has 2 aromatic carbocycles. The smallest absolute Gasteiger partial charge is 0.337 e. The molecule has 0 bridgehead atoms. The molecule has 0 amide bonds. The van der Waals surface area contributed by atoms with E-state index < -0.39 is 0 Å². The molecule has 104 valence electrons.